The van der Waals surface area contributed by atoms with E-state index < -0.39 is 0 Å². The summed E-state index contributed by atoms with van der Waals surface area (Å²) in [5.74, 6) is 1.67. The van der Waals surface area contributed by atoms with Crippen LogP contribution in [-0.4, -0.2) is 32.2 Å². The predicted molar refractivity (Wildman–Crippen MR) is 88.0 cm³/mol. The molecule has 0 unspecified atom stereocenters. The van der Waals surface area contributed by atoms with E-state index in [2.05, 4.69) is 5.32 Å². The summed E-state index contributed by atoms with van der Waals surface area (Å²) in [7, 11) is 1.64. The molecular weight excluding hydrogens is 294 g/mol. The first-order valence-electron chi connectivity index (χ1n) is 8.10. The minimum absolute atomic E-state index is 0.155. The van der Waals surface area contributed by atoms with Crippen LogP contribution in [0.1, 0.15) is 32.6 Å². The molecule has 1 fully saturated rings. The van der Waals surface area contributed by atoms with E-state index in [-0.39, 0.29) is 11.9 Å². The van der Waals surface area contributed by atoms with E-state index >= 15 is 0 Å². The predicted octanol–water partition coefficient (Wildman–Crippen LogP) is 3.30. The number of rotatable bonds is 5. The fraction of sp³-hybridized carbons (Fsp3) is 0.500. The summed E-state index contributed by atoms with van der Waals surface area (Å²) in [4.78, 5) is 11.7. The lowest BCUT2D eigenvalue weighted by atomic mass is 10.1. The lowest BCUT2D eigenvalue weighted by Crippen LogP contribution is -2.26. The summed E-state index contributed by atoms with van der Waals surface area (Å²) in [5.41, 5.74) is 2.74. The Hall–Kier alpha value is -2.01. The lowest BCUT2D eigenvalue weighted by Gasteiger charge is -2.24. The first-order chi connectivity index (χ1) is 11.2. The van der Waals surface area contributed by atoms with Gasteiger partial charge in [0.25, 0.3) is 0 Å². The van der Waals surface area contributed by atoms with Crippen LogP contribution in [-0.2, 0) is 9.53 Å². The molecule has 1 aromatic rings. The van der Waals surface area contributed by atoms with Gasteiger partial charge >= 0.3 is 0 Å². The molecule has 1 saturated heterocycles. The SMILES string of the molecule is COc1ccc(NC2=C(C)C(=O)CC2)cc1OC1CCOCC1. The summed E-state index contributed by atoms with van der Waals surface area (Å²) >= 11 is 0. The van der Waals surface area contributed by atoms with Gasteiger partial charge in [-0.25, -0.2) is 0 Å². The molecule has 0 atom stereocenters. The maximum Gasteiger partial charge on any atom is 0.163 e. The normalized spacial score (nSPS) is 19.1. The van der Waals surface area contributed by atoms with Gasteiger partial charge in [0.2, 0.25) is 0 Å². The first kappa shape index (κ1) is 15.9. The molecule has 2 aliphatic rings. The number of ether oxygens (including phenoxy) is 3. The number of anilines is 1. The van der Waals surface area contributed by atoms with Crippen LogP contribution in [0.4, 0.5) is 5.69 Å². The Morgan fingerprint density at radius 2 is 1.96 bits per heavy atom. The van der Waals surface area contributed by atoms with Crippen molar-refractivity contribution >= 4 is 11.5 Å². The topological polar surface area (TPSA) is 56.8 Å². The second kappa shape index (κ2) is 7.04. The molecule has 3 rings (SSSR count). The molecule has 0 saturated carbocycles. The standard InChI is InChI=1S/C18H23NO4/c1-12-15(4-5-16(12)20)19-13-3-6-17(21-2)18(11-13)23-14-7-9-22-10-8-14/h3,6,11,14,19H,4-5,7-10H2,1-2H3. The molecule has 1 N–H and O–H groups in total. The van der Waals surface area contributed by atoms with Crippen molar-refractivity contribution in [2.45, 2.75) is 38.7 Å². The third-order valence-electron chi connectivity index (χ3n) is 4.39. The number of methoxy groups -OCH3 is 1. The molecule has 1 aliphatic heterocycles. The van der Waals surface area contributed by atoms with Crippen molar-refractivity contribution < 1.29 is 19.0 Å². The average molecular weight is 317 g/mol. The fourth-order valence-corrected chi connectivity index (χ4v) is 2.93. The van der Waals surface area contributed by atoms with Crippen LogP contribution in [0.5, 0.6) is 11.5 Å². The van der Waals surface area contributed by atoms with Gasteiger partial charge in [-0.2, -0.15) is 0 Å². The van der Waals surface area contributed by atoms with Gasteiger partial charge in [0.15, 0.2) is 17.3 Å². The van der Waals surface area contributed by atoms with Gasteiger partial charge in [0, 0.05) is 42.3 Å². The van der Waals surface area contributed by atoms with Gasteiger partial charge in [-0.1, -0.05) is 0 Å². The van der Waals surface area contributed by atoms with Crippen LogP contribution in [0.15, 0.2) is 29.5 Å². The first-order valence-corrected chi connectivity index (χ1v) is 8.10. The second-order valence-electron chi connectivity index (χ2n) is 5.95. The lowest BCUT2D eigenvalue weighted by molar-refractivity contribution is -0.114. The second-order valence-corrected chi connectivity index (χ2v) is 5.95. The molecule has 0 amide bonds. The Kier molecular flexibility index (Phi) is 4.86. The zero-order valence-electron chi connectivity index (χ0n) is 13.7. The zero-order chi connectivity index (χ0) is 16.2. The van der Waals surface area contributed by atoms with Crippen molar-refractivity contribution in [3.05, 3.63) is 29.5 Å². The molecule has 5 heteroatoms. The highest BCUT2D eigenvalue weighted by Gasteiger charge is 2.20. The van der Waals surface area contributed by atoms with Crippen LogP contribution < -0.4 is 14.8 Å². The monoisotopic (exact) mass is 317 g/mol. The van der Waals surface area contributed by atoms with Crippen molar-refractivity contribution in [2.24, 2.45) is 0 Å². The van der Waals surface area contributed by atoms with Gasteiger partial charge in [-0.05, 0) is 25.5 Å². The van der Waals surface area contributed by atoms with Crippen molar-refractivity contribution in [3.63, 3.8) is 0 Å². The smallest absolute Gasteiger partial charge is 0.163 e. The van der Waals surface area contributed by atoms with Crippen LogP contribution in [0.2, 0.25) is 0 Å². The van der Waals surface area contributed by atoms with Gasteiger partial charge < -0.3 is 19.5 Å². The fourth-order valence-electron chi connectivity index (χ4n) is 2.93. The minimum atomic E-state index is 0.155. The number of nitrogens with one attached hydrogen (secondary N) is 1. The van der Waals surface area contributed by atoms with E-state index in [1.165, 1.54) is 0 Å². The van der Waals surface area contributed by atoms with Crippen molar-refractivity contribution in [2.75, 3.05) is 25.6 Å². The number of allylic oxidation sites excluding steroid dienone is 2. The molecule has 5 nitrogen and oxygen atoms in total. The Morgan fingerprint density at radius 1 is 1.17 bits per heavy atom. The highest BCUT2D eigenvalue weighted by molar-refractivity contribution is 5.98. The summed E-state index contributed by atoms with van der Waals surface area (Å²) in [5, 5.41) is 3.35. The van der Waals surface area contributed by atoms with E-state index in [1.54, 1.807) is 7.11 Å². The molecule has 1 aliphatic carbocycles. The number of Topliss-reactive ketones (excluding diaryl/α,β-unsaturated/α-hetero) is 1. The molecule has 23 heavy (non-hydrogen) atoms. The third-order valence-corrected chi connectivity index (χ3v) is 4.39. The molecule has 1 heterocycles. The van der Waals surface area contributed by atoms with Crippen molar-refractivity contribution in [1.82, 2.24) is 0 Å². The number of hydrogen-bond acceptors (Lipinski definition) is 5. The Bertz CT molecular complexity index is 617. The van der Waals surface area contributed by atoms with E-state index in [0.717, 1.165) is 60.9 Å². The summed E-state index contributed by atoms with van der Waals surface area (Å²) in [6.07, 6.45) is 3.30. The molecule has 0 bridgehead atoms. The van der Waals surface area contributed by atoms with Crippen molar-refractivity contribution in [1.29, 1.82) is 0 Å². The molecule has 1 aromatic carbocycles. The highest BCUT2D eigenvalue weighted by atomic mass is 16.5. The van der Waals surface area contributed by atoms with Gasteiger partial charge in [-0.15, -0.1) is 0 Å². The highest BCUT2D eigenvalue weighted by Crippen LogP contribution is 2.34. The van der Waals surface area contributed by atoms with E-state index in [0.29, 0.717) is 6.42 Å². The zero-order valence-corrected chi connectivity index (χ0v) is 13.7. The molecular formula is C18H23NO4. The van der Waals surface area contributed by atoms with Crippen molar-refractivity contribution in [3.8, 4) is 11.5 Å². The number of benzene rings is 1. The molecule has 0 spiro atoms. The van der Waals surface area contributed by atoms with Crippen LogP contribution in [0.25, 0.3) is 0 Å². The quantitative estimate of drug-likeness (QED) is 0.903. The number of ketones is 1. The maximum atomic E-state index is 11.7. The van der Waals surface area contributed by atoms with Gasteiger partial charge in [0.05, 0.1) is 20.3 Å². The maximum absolute atomic E-state index is 11.7. The summed E-state index contributed by atoms with van der Waals surface area (Å²) in [6.45, 7) is 3.35. The largest absolute Gasteiger partial charge is 0.493 e. The van der Waals surface area contributed by atoms with Crippen LogP contribution >= 0.6 is 0 Å². The summed E-state index contributed by atoms with van der Waals surface area (Å²) < 4.78 is 16.9. The Morgan fingerprint density at radius 3 is 2.61 bits per heavy atom. The minimum Gasteiger partial charge on any atom is -0.493 e. The third kappa shape index (κ3) is 3.67. The molecule has 0 aromatic heterocycles. The average Bonchev–Trinajstić information content (AvgIpc) is 2.88. The Labute approximate surface area is 136 Å². The number of carbonyl (C=O) groups is 1. The molecule has 0 radical (unpaired) electrons. The molecule has 124 valence electrons. The number of carbonyl (C=O) groups excluding carboxylic acids is 1. The van der Waals surface area contributed by atoms with Crippen LogP contribution in [0, 0.1) is 0 Å². The van der Waals surface area contributed by atoms with Crippen LogP contribution in [0.3, 0.4) is 0 Å². The van der Waals surface area contributed by atoms with Gasteiger partial charge in [-0.3, -0.25) is 4.79 Å². The van der Waals surface area contributed by atoms with Gasteiger partial charge in [0.1, 0.15) is 6.10 Å². The van der Waals surface area contributed by atoms with E-state index in [1.807, 2.05) is 25.1 Å². The number of hydrogen-bond donors (Lipinski definition) is 1. The van der Waals surface area contributed by atoms with E-state index in [4.69, 9.17) is 14.2 Å². The van der Waals surface area contributed by atoms with E-state index in [9.17, 15) is 4.79 Å². The Balaban J connectivity index is 1.77. The summed E-state index contributed by atoms with van der Waals surface area (Å²) in [6, 6.07) is 5.78.